The highest BCUT2D eigenvalue weighted by atomic mass is 35.5. The van der Waals surface area contributed by atoms with Crippen molar-refractivity contribution >= 4 is 34.7 Å². The van der Waals surface area contributed by atoms with Crippen molar-refractivity contribution in [2.45, 2.75) is 39.7 Å². The van der Waals surface area contributed by atoms with E-state index in [1.165, 1.54) is 18.2 Å². The molecule has 0 radical (unpaired) electrons. The number of ketones is 1. The molecule has 0 unspecified atom stereocenters. The molecule has 0 fully saturated rings. The van der Waals surface area contributed by atoms with Crippen LogP contribution in [0.15, 0.2) is 35.5 Å². The largest absolute Gasteiger partial charge is 0.488 e. The van der Waals surface area contributed by atoms with Crippen LogP contribution >= 0.6 is 11.6 Å². The van der Waals surface area contributed by atoms with Crippen LogP contribution in [0.4, 0.5) is 10.1 Å². The number of carbonyl (C=O) groups excluding carboxylic acids is 2. The van der Waals surface area contributed by atoms with Gasteiger partial charge in [-0.15, -0.1) is 0 Å². The maximum absolute atomic E-state index is 13.3. The Morgan fingerprint density at radius 2 is 2.12 bits per heavy atom. The highest BCUT2D eigenvalue weighted by molar-refractivity contribution is 6.30. The summed E-state index contributed by atoms with van der Waals surface area (Å²) in [5, 5.41) is 3.09. The third-order valence-electron chi connectivity index (χ3n) is 5.32. The van der Waals surface area contributed by atoms with E-state index >= 15 is 0 Å². The van der Waals surface area contributed by atoms with Crippen LogP contribution in [-0.2, 0) is 11.3 Å². The first-order valence-corrected chi connectivity index (χ1v) is 11.4. The van der Waals surface area contributed by atoms with Crippen LogP contribution in [0, 0.1) is 5.82 Å². The molecule has 2 aromatic rings. The predicted octanol–water partition coefficient (Wildman–Crippen LogP) is 4.35. The van der Waals surface area contributed by atoms with Gasteiger partial charge < -0.3 is 15.0 Å². The molecule has 1 aliphatic rings. The average molecular weight is 475 g/mol. The summed E-state index contributed by atoms with van der Waals surface area (Å²) in [6.07, 6.45) is 3.70. The fourth-order valence-corrected chi connectivity index (χ4v) is 3.65. The van der Waals surface area contributed by atoms with E-state index in [9.17, 15) is 14.0 Å². The van der Waals surface area contributed by atoms with Gasteiger partial charge in [0.1, 0.15) is 18.2 Å². The number of benzene rings is 1. The van der Waals surface area contributed by atoms with Crippen molar-refractivity contribution in [2.24, 2.45) is 4.99 Å². The summed E-state index contributed by atoms with van der Waals surface area (Å²) < 4.78 is 19.0. The lowest BCUT2D eigenvalue weighted by Crippen LogP contribution is -2.38. The molecule has 0 saturated heterocycles. The Bertz CT molecular complexity index is 1040. The van der Waals surface area contributed by atoms with Crippen LogP contribution in [0.3, 0.4) is 0 Å². The van der Waals surface area contributed by atoms with Crippen LogP contribution in [-0.4, -0.2) is 53.5 Å². The Kier molecular flexibility index (Phi) is 8.91. The number of fused-ring (bicyclic) bond motifs is 1. The first-order valence-electron chi connectivity index (χ1n) is 11.1. The number of unbranched alkanes of at least 4 members (excludes halogenated alkanes) is 1. The topological polar surface area (TPSA) is 83.9 Å². The average Bonchev–Trinajstić information content (AvgIpc) is 2.80. The minimum Gasteiger partial charge on any atom is -0.488 e. The third kappa shape index (κ3) is 6.58. The van der Waals surface area contributed by atoms with E-state index < -0.39 is 5.82 Å². The van der Waals surface area contributed by atoms with Gasteiger partial charge in [0.05, 0.1) is 35.1 Å². The summed E-state index contributed by atoms with van der Waals surface area (Å²) in [6.45, 7) is 6.02. The maximum Gasteiger partial charge on any atom is 0.236 e. The lowest BCUT2D eigenvalue weighted by atomic mass is 10.00. The van der Waals surface area contributed by atoms with Gasteiger partial charge in [-0.3, -0.25) is 19.6 Å². The number of nitrogens with zero attached hydrogens (tertiary/aromatic N) is 3. The van der Waals surface area contributed by atoms with Gasteiger partial charge in [-0.2, -0.15) is 0 Å². The summed E-state index contributed by atoms with van der Waals surface area (Å²) in [6, 6.07) is 5.72. The number of halogens is 2. The zero-order chi connectivity index (χ0) is 23.8. The molecule has 0 spiro atoms. The minimum atomic E-state index is -0.530. The number of rotatable bonds is 11. The van der Waals surface area contributed by atoms with E-state index in [0.717, 1.165) is 19.4 Å². The molecule has 9 heteroatoms. The quantitative estimate of drug-likeness (QED) is 0.523. The number of hydrogen-bond donors (Lipinski definition) is 1. The number of aromatic nitrogens is 1. The lowest BCUT2D eigenvalue weighted by Gasteiger charge is -2.21. The molecule has 2 heterocycles. The normalized spacial score (nSPS) is 12.8. The van der Waals surface area contributed by atoms with Crippen LogP contribution in [0.1, 0.15) is 49.2 Å². The summed E-state index contributed by atoms with van der Waals surface area (Å²) in [7, 11) is 0. The van der Waals surface area contributed by atoms with Gasteiger partial charge in [0, 0.05) is 37.5 Å². The van der Waals surface area contributed by atoms with Crippen molar-refractivity contribution in [3.05, 3.63) is 52.6 Å². The molecule has 33 heavy (non-hydrogen) atoms. The molecule has 1 aliphatic heterocycles. The summed E-state index contributed by atoms with van der Waals surface area (Å²) in [4.78, 5) is 35.9. The number of aliphatic imine (C=N–C) groups is 1. The standard InChI is InChI=1S/C24H28ClFN4O3/c1-3-5-10-30(4-2)23(32)14-27-13-21-24-18(8-9-28-21)22(31)11-16(29-24)15-33-17-6-7-20(26)19(25)12-17/h6-9,12,27H,3-5,10-11,13-15H2,1-2H3. The van der Waals surface area contributed by atoms with Gasteiger partial charge in [0.25, 0.3) is 0 Å². The van der Waals surface area contributed by atoms with Crippen LogP contribution in [0.25, 0.3) is 0 Å². The van der Waals surface area contributed by atoms with Gasteiger partial charge in [-0.05, 0) is 31.5 Å². The lowest BCUT2D eigenvalue weighted by molar-refractivity contribution is -0.130. The van der Waals surface area contributed by atoms with Gasteiger partial charge >= 0.3 is 0 Å². The number of hydrogen-bond acceptors (Lipinski definition) is 6. The fourth-order valence-electron chi connectivity index (χ4n) is 3.48. The molecular formula is C24H28ClFN4O3. The van der Waals surface area contributed by atoms with Crippen molar-refractivity contribution in [1.82, 2.24) is 15.2 Å². The smallest absolute Gasteiger partial charge is 0.236 e. The molecule has 1 amide bonds. The van der Waals surface area contributed by atoms with E-state index in [1.54, 1.807) is 12.3 Å². The Labute approximate surface area is 198 Å². The highest BCUT2D eigenvalue weighted by Gasteiger charge is 2.23. The molecule has 0 saturated carbocycles. The van der Waals surface area contributed by atoms with E-state index in [-0.39, 0.29) is 36.3 Å². The number of nitrogens with one attached hydrogen (secondary N) is 1. The number of carbonyl (C=O) groups is 2. The number of Topliss-reactive ketones (excluding diaryl/α,β-unsaturated/α-hetero) is 1. The Hall–Kier alpha value is -2.84. The van der Waals surface area contributed by atoms with E-state index in [0.29, 0.717) is 41.5 Å². The summed E-state index contributed by atoms with van der Waals surface area (Å²) >= 11 is 5.79. The van der Waals surface area contributed by atoms with Crippen molar-refractivity contribution in [3.63, 3.8) is 0 Å². The predicted molar refractivity (Wildman–Crippen MR) is 126 cm³/mol. The molecule has 3 rings (SSSR count). The SMILES string of the molecule is CCCCN(CC)C(=O)CNCc1nccc2c1N=C(COc1ccc(F)c(Cl)c1)CC2=O. The number of pyridine rings is 1. The van der Waals surface area contributed by atoms with Gasteiger partial charge in [0.15, 0.2) is 5.78 Å². The first kappa shape index (κ1) is 24.8. The molecule has 1 aromatic carbocycles. The molecule has 1 N–H and O–H groups in total. The highest BCUT2D eigenvalue weighted by Crippen LogP contribution is 2.29. The maximum atomic E-state index is 13.3. The second kappa shape index (κ2) is 11.9. The van der Waals surface area contributed by atoms with Gasteiger partial charge in [-0.1, -0.05) is 24.9 Å². The monoisotopic (exact) mass is 474 g/mol. The number of amides is 1. The van der Waals surface area contributed by atoms with Crippen LogP contribution in [0.5, 0.6) is 5.75 Å². The fraction of sp³-hybridized carbons (Fsp3) is 0.417. The zero-order valence-corrected chi connectivity index (χ0v) is 19.6. The number of ether oxygens (including phenoxy) is 1. The number of likely N-dealkylation sites (N-methyl/N-ethyl adjacent to an activating group) is 1. The van der Waals surface area contributed by atoms with Crippen molar-refractivity contribution < 1.29 is 18.7 Å². The summed E-state index contributed by atoms with van der Waals surface area (Å²) in [5.74, 6) is -0.190. The molecule has 0 atom stereocenters. The van der Waals surface area contributed by atoms with Crippen molar-refractivity contribution in [3.8, 4) is 5.75 Å². The van der Waals surface area contributed by atoms with Crippen LogP contribution in [0.2, 0.25) is 5.02 Å². The van der Waals surface area contributed by atoms with Gasteiger partial charge in [0.2, 0.25) is 5.91 Å². The Morgan fingerprint density at radius 1 is 1.30 bits per heavy atom. The molecule has 176 valence electrons. The zero-order valence-electron chi connectivity index (χ0n) is 18.9. The molecule has 0 bridgehead atoms. The summed E-state index contributed by atoms with van der Waals surface area (Å²) in [5.41, 5.74) is 2.12. The van der Waals surface area contributed by atoms with Crippen molar-refractivity contribution in [1.29, 1.82) is 0 Å². The Balaban J connectivity index is 1.66. The first-order chi connectivity index (χ1) is 15.9. The minimum absolute atomic E-state index is 0.0300. The molecular weight excluding hydrogens is 447 g/mol. The molecule has 0 aliphatic carbocycles. The second-order valence-corrected chi connectivity index (χ2v) is 8.13. The van der Waals surface area contributed by atoms with Crippen molar-refractivity contribution in [2.75, 3.05) is 26.2 Å². The van der Waals surface area contributed by atoms with Gasteiger partial charge in [-0.25, -0.2) is 4.39 Å². The molecule has 7 nitrogen and oxygen atoms in total. The second-order valence-electron chi connectivity index (χ2n) is 7.73. The third-order valence-corrected chi connectivity index (χ3v) is 5.61. The van der Waals surface area contributed by atoms with E-state index in [4.69, 9.17) is 16.3 Å². The van der Waals surface area contributed by atoms with E-state index in [1.807, 2.05) is 11.8 Å². The van der Waals surface area contributed by atoms with Crippen LogP contribution < -0.4 is 10.1 Å². The Morgan fingerprint density at radius 3 is 2.85 bits per heavy atom. The van der Waals surface area contributed by atoms with E-state index in [2.05, 4.69) is 22.2 Å². The molecule has 1 aromatic heterocycles.